The molecule has 84 valence electrons. The first kappa shape index (κ1) is 11.4. The third-order valence-electron chi connectivity index (χ3n) is 1.55. The highest BCUT2D eigenvalue weighted by molar-refractivity contribution is 6.15. The van der Waals surface area contributed by atoms with Crippen LogP contribution < -0.4 is 0 Å². The van der Waals surface area contributed by atoms with Gasteiger partial charge >= 0.3 is 11.9 Å². The van der Waals surface area contributed by atoms with Crippen molar-refractivity contribution in [3.63, 3.8) is 0 Å². The Kier molecular flexibility index (Phi) is 2.65. The predicted molar refractivity (Wildman–Crippen MR) is 41.9 cm³/mol. The molecule has 0 unspecified atom stereocenters. The molecule has 0 radical (unpaired) electrons. The van der Waals surface area contributed by atoms with E-state index < -0.39 is 35.5 Å². The Morgan fingerprint density at radius 3 is 2.00 bits per heavy atom. The molecule has 1 rings (SSSR count). The molecule has 0 aromatic carbocycles. The summed E-state index contributed by atoms with van der Waals surface area (Å²) in [6.45, 7) is 2.53. The molecule has 7 heteroatoms. The van der Waals surface area contributed by atoms with E-state index in [0.717, 1.165) is 0 Å². The first-order valence-electron chi connectivity index (χ1n) is 3.92. The Bertz CT molecular complexity index is 323. The van der Waals surface area contributed by atoms with Gasteiger partial charge in [0.1, 0.15) is 0 Å². The van der Waals surface area contributed by atoms with Crippen LogP contribution in [0, 0.1) is 0 Å². The van der Waals surface area contributed by atoms with E-state index in [1.54, 1.807) is 0 Å². The molecule has 1 aliphatic rings. The van der Waals surface area contributed by atoms with Crippen LogP contribution in [0.4, 0.5) is 8.78 Å². The Labute approximate surface area is 83.3 Å². The molecule has 1 aliphatic heterocycles. The summed E-state index contributed by atoms with van der Waals surface area (Å²) in [6, 6.07) is 0. The van der Waals surface area contributed by atoms with Gasteiger partial charge in [0.25, 0.3) is 12.2 Å². The van der Waals surface area contributed by atoms with Crippen molar-refractivity contribution in [1.82, 2.24) is 0 Å². The van der Waals surface area contributed by atoms with Crippen LogP contribution in [0.15, 0.2) is 11.3 Å². The summed E-state index contributed by atoms with van der Waals surface area (Å²) in [5.41, 5.74) is -1.16. The van der Waals surface area contributed by atoms with E-state index in [0.29, 0.717) is 0 Å². The average molecular weight is 222 g/mol. The quantitative estimate of drug-likeness (QED) is 0.309. The SMILES string of the molecule is CC1(C)OC(=O)C(=C(O)C(F)F)C(=O)O1. The third-order valence-corrected chi connectivity index (χ3v) is 1.55. The van der Waals surface area contributed by atoms with Gasteiger partial charge in [0.2, 0.25) is 0 Å². The second kappa shape index (κ2) is 3.48. The van der Waals surface area contributed by atoms with Gasteiger partial charge in [-0.2, -0.15) is 0 Å². The highest BCUT2D eigenvalue weighted by Crippen LogP contribution is 2.25. The number of rotatable bonds is 1. The number of allylic oxidation sites excluding steroid dienone is 1. The zero-order valence-electron chi connectivity index (χ0n) is 7.91. The zero-order valence-corrected chi connectivity index (χ0v) is 7.91. The molecule has 1 heterocycles. The average Bonchev–Trinajstić information content (AvgIpc) is 1.99. The summed E-state index contributed by atoms with van der Waals surface area (Å²) in [5, 5.41) is 8.79. The van der Waals surface area contributed by atoms with Gasteiger partial charge in [-0.25, -0.2) is 18.4 Å². The number of carbonyl (C=O) groups excluding carboxylic acids is 2. The van der Waals surface area contributed by atoms with E-state index in [4.69, 9.17) is 5.11 Å². The first-order chi connectivity index (χ1) is 6.74. The number of halogens is 2. The minimum atomic E-state index is -3.33. The fraction of sp³-hybridized carbons (Fsp3) is 0.500. The number of aliphatic hydroxyl groups excluding tert-OH is 1. The molecule has 0 aromatic heterocycles. The van der Waals surface area contributed by atoms with Crippen LogP contribution in [0.3, 0.4) is 0 Å². The molecule has 1 fully saturated rings. The summed E-state index contributed by atoms with van der Waals surface area (Å²) in [7, 11) is 0. The van der Waals surface area contributed by atoms with Crippen LogP contribution >= 0.6 is 0 Å². The molecule has 0 amide bonds. The molecule has 0 bridgehead atoms. The van der Waals surface area contributed by atoms with Crippen LogP contribution in [-0.2, 0) is 19.1 Å². The molecular weight excluding hydrogens is 214 g/mol. The number of cyclic esters (lactones) is 2. The normalized spacial score (nSPS) is 19.9. The molecule has 0 aromatic rings. The molecule has 0 atom stereocenters. The van der Waals surface area contributed by atoms with E-state index in [2.05, 4.69) is 9.47 Å². The minimum absolute atomic E-state index is 1.16. The van der Waals surface area contributed by atoms with E-state index >= 15 is 0 Å². The third kappa shape index (κ3) is 2.23. The Morgan fingerprint density at radius 2 is 1.67 bits per heavy atom. The van der Waals surface area contributed by atoms with Gasteiger partial charge in [0.05, 0.1) is 0 Å². The highest BCUT2D eigenvalue weighted by atomic mass is 19.3. The maximum absolute atomic E-state index is 12.0. The van der Waals surface area contributed by atoms with Gasteiger partial charge in [-0.3, -0.25) is 0 Å². The van der Waals surface area contributed by atoms with Crippen molar-refractivity contribution in [3.8, 4) is 0 Å². The largest absolute Gasteiger partial charge is 0.506 e. The molecule has 0 aliphatic carbocycles. The number of aliphatic hydroxyl groups is 1. The van der Waals surface area contributed by atoms with Crippen molar-refractivity contribution in [3.05, 3.63) is 11.3 Å². The maximum Gasteiger partial charge on any atom is 0.352 e. The van der Waals surface area contributed by atoms with Crippen molar-refractivity contribution < 1.29 is 33.0 Å². The van der Waals surface area contributed by atoms with E-state index in [-0.39, 0.29) is 0 Å². The molecule has 1 saturated heterocycles. The summed E-state index contributed by atoms with van der Waals surface area (Å²) < 4.78 is 33.0. The number of carbonyl (C=O) groups is 2. The number of hydrogen-bond acceptors (Lipinski definition) is 5. The highest BCUT2D eigenvalue weighted by Gasteiger charge is 2.42. The van der Waals surface area contributed by atoms with Gasteiger partial charge in [-0.1, -0.05) is 0 Å². The maximum atomic E-state index is 12.0. The molecule has 0 saturated carbocycles. The smallest absolute Gasteiger partial charge is 0.352 e. The molecule has 5 nitrogen and oxygen atoms in total. The molecule has 15 heavy (non-hydrogen) atoms. The van der Waals surface area contributed by atoms with Crippen molar-refractivity contribution in [2.45, 2.75) is 26.1 Å². The fourth-order valence-electron chi connectivity index (χ4n) is 0.971. The van der Waals surface area contributed by atoms with Gasteiger partial charge in [0, 0.05) is 13.8 Å². The summed E-state index contributed by atoms with van der Waals surface area (Å²) in [5.74, 6) is -5.80. The lowest BCUT2D eigenvalue weighted by molar-refractivity contribution is -0.223. The Hall–Kier alpha value is -1.66. The molecule has 1 N–H and O–H groups in total. The number of ether oxygens (including phenoxy) is 2. The van der Waals surface area contributed by atoms with Crippen LogP contribution in [0.25, 0.3) is 0 Å². The standard InChI is InChI=1S/C8H8F2O5/c1-8(2)14-6(12)3(7(13)15-8)4(11)5(9)10/h5,11H,1-2H3. The molecular formula is C8H8F2O5. The number of hydrogen-bond donors (Lipinski definition) is 1. The summed E-state index contributed by atoms with van der Waals surface area (Å²) >= 11 is 0. The van der Waals surface area contributed by atoms with E-state index in [1.165, 1.54) is 13.8 Å². The van der Waals surface area contributed by atoms with Gasteiger partial charge in [-0.05, 0) is 0 Å². The van der Waals surface area contributed by atoms with Crippen LogP contribution in [-0.4, -0.2) is 29.3 Å². The second-order valence-corrected chi connectivity index (χ2v) is 3.24. The predicted octanol–water partition coefficient (Wildman–Crippen LogP) is 0.900. The fourth-order valence-corrected chi connectivity index (χ4v) is 0.971. The van der Waals surface area contributed by atoms with Crippen LogP contribution in [0.1, 0.15) is 13.8 Å². The monoisotopic (exact) mass is 222 g/mol. The Balaban J connectivity index is 3.10. The lowest BCUT2D eigenvalue weighted by atomic mass is 10.2. The topological polar surface area (TPSA) is 72.8 Å². The zero-order chi connectivity index (χ0) is 11.8. The minimum Gasteiger partial charge on any atom is -0.506 e. The Morgan fingerprint density at radius 1 is 1.27 bits per heavy atom. The van der Waals surface area contributed by atoms with Crippen molar-refractivity contribution in [2.24, 2.45) is 0 Å². The summed E-state index contributed by atoms with van der Waals surface area (Å²) in [4.78, 5) is 22.2. The van der Waals surface area contributed by atoms with Crippen molar-refractivity contribution >= 4 is 11.9 Å². The lowest BCUT2D eigenvalue weighted by Crippen LogP contribution is -2.42. The lowest BCUT2D eigenvalue weighted by Gasteiger charge is -2.29. The van der Waals surface area contributed by atoms with Crippen LogP contribution in [0.5, 0.6) is 0 Å². The summed E-state index contributed by atoms with van der Waals surface area (Å²) in [6.07, 6.45) is -3.33. The van der Waals surface area contributed by atoms with Crippen molar-refractivity contribution in [1.29, 1.82) is 0 Å². The van der Waals surface area contributed by atoms with Gasteiger partial charge < -0.3 is 14.6 Å². The first-order valence-corrected chi connectivity index (χ1v) is 3.92. The number of esters is 2. The van der Waals surface area contributed by atoms with Gasteiger partial charge in [-0.15, -0.1) is 0 Å². The second-order valence-electron chi connectivity index (χ2n) is 3.24. The molecule has 0 spiro atoms. The van der Waals surface area contributed by atoms with E-state index in [9.17, 15) is 18.4 Å². The van der Waals surface area contributed by atoms with Crippen molar-refractivity contribution in [2.75, 3.05) is 0 Å². The van der Waals surface area contributed by atoms with Crippen LogP contribution in [0.2, 0.25) is 0 Å². The number of alkyl halides is 2. The van der Waals surface area contributed by atoms with Gasteiger partial charge in [0.15, 0.2) is 11.3 Å². The van der Waals surface area contributed by atoms with E-state index in [1.807, 2.05) is 0 Å².